The number of carbonyl (C=O) groups is 4. The fraction of sp³-hybridized carbons (Fsp3) is 0.500. The number of hydrogen-bond acceptors (Lipinski definition) is 7. The first-order valence-corrected chi connectivity index (χ1v) is 16.3. The van der Waals surface area contributed by atoms with Gasteiger partial charge in [0.05, 0.1) is 18.7 Å². The summed E-state index contributed by atoms with van der Waals surface area (Å²) < 4.78 is 30.9. The molecule has 3 aromatic rings. The van der Waals surface area contributed by atoms with Crippen molar-refractivity contribution < 1.29 is 37.5 Å². The maximum absolute atomic E-state index is 14.6. The zero-order valence-electron chi connectivity index (χ0n) is 27.4. The number of likely N-dealkylation sites (tertiary alicyclic amines) is 1. The Labute approximate surface area is 274 Å². The topological polar surface area (TPSA) is 141 Å². The van der Waals surface area contributed by atoms with Crippen LogP contribution in [0.3, 0.4) is 0 Å². The summed E-state index contributed by atoms with van der Waals surface area (Å²) in [7, 11) is 0. The number of esters is 1. The first-order valence-electron chi connectivity index (χ1n) is 16.3. The molecule has 252 valence electrons. The number of benzene rings is 2. The maximum atomic E-state index is 14.6. The summed E-state index contributed by atoms with van der Waals surface area (Å²) in [5, 5.41) is 3.31. The van der Waals surface area contributed by atoms with E-state index in [0.29, 0.717) is 48.6 Å². The van der Waals surface area contributed by atoms with Gasteiger partial charge >= 0.3 is 12.1 Å². The summed E-state index contributed by atoms with van der Waals surface area (Å²) in [5.41, 5.74) is 7.17. The van der Waals surface area contributed by atoms with Crippen molar-refractivity contribution in [3.63, 3.8) is 0 Å². The number of primary amides is 1. The van der Waals surface area contributed by atoms with Gasteiger partial charge in [-0.3, -0.25) is 9.59 Å². The number of alkyl halides is 1. The van der Waals surface area contributed by atoms with Crippen molar-refractivity contribution in [3.05, 3.63) is 71.5 Å². The predicted molar refractivity (Wildman–Crippen MR) is 173 cm³/mol. The number of nitrogens with zero attached hydrogens (tertiary/aromatic N) is 1. The molecule has 2 aromatic carbocycles. The molecule has 3 amide bonds. The highest BCUT2D eigenvalue weighted by Crippen LogP contribution is 2.50. The number of para-hydroxylation sites is 1. The molecule has 3 N–H and O–H groups in total. The van der Waals surface area contributed by atoms with Crippen molar-refractivity contribution >= 4 is 34.8 Å². The van der Waals surface area contributed by atoms with E-state index in [1.54, 1.807) is 44.7 Å². The van der Waals surface area contributed by atoms with Crippen LogP contribution in [0.4, 0.5) is 9.18 Å². The van der Waals surface area contributed by atoms with E-state index in [1.807, 2.05) is 42.5 Å². The minimum atomic E-state index is -0.983. The molecule has 2 unspecified atom stereocenters. The number of amides is 3. The van der Waals surface area contributed by atoms with Gasteiger partial charge in [-0.2, -0.15) is 0 Å². The fourth-order valence-corrected chi connectivity index (χ4v) is 7.24. The van der Waals surface area contributed by atoms with E-state index in [-0.39, 0.29) is 24.2 Å². The number of fused-ring (bicyclic) bond motifs is 1. The molecule has 0 spiro atoms. The monoisotopic (exact) mass is 649 g/mol. The molecular formula is C36H44FN3O7. The average molecular weight is 650 g/mol. The molecule has 0 bridgehead atoms. The summed E-state index contributed by atoms with van der Waals surface area (Å²) in [4.78, 5) is 55.1. The van der Waals surface area contributed by atoms with E-state index >= 15 is 0 Å². The molecule has 2 heterocycles. The molecule has 0 radical (unpaired) electrons. The Hall–Kier alpha value is -4.41. The third-order valence-corrected chi connectivity index (χ3v) is 9.25. The number of hydrogen-bond donors (Lipinski definition) is 2. The van der Waals surface area contributed by atoms with Crippen LogP contribution in [-0.4, -0.2) is 59.7 Å². The zero-order valence-corrected chi connectivity index (χ0v) is 27.4. The summed E-state index contributed by atoms with van der Waals surface area (Å²) in [5.74, 6) is -2.66. The number of ether oxygens (including phenoxy) is 2. The van der Waals surface area contributed by atoms with Crippen LogP contribution in [-0.2, 0) is 19.1 Å². The molecule has 1 aromatic heterocycles. The van der Waals surface area contributed by atoms with Gasteiger partial charge in [-0.1, -0.05) is 48.5 Å². The lowest BCUT2D eigenvalue weighted by Crippen LogP contribution is -2.50. The number of rotatable bonds is 9. The Morgan fingerprint density at radius 2 is 1.68 bits per heavy atom. The number of alkyl carbamates (subject to hydrolysis) is 1. The molecule has 1 aliphatic heterocycles. The van der Waals surface area contributed by atoms with Gasteiger partial charge in [0.25, 0.3) is 0 Å². The van der Waals surface area contributed by atoms with Crippen molar-refractivity contribution in [2.24, 2.45) is 17.6 Å². The Balaban J connectivity index is 1.48. The average Bonchev–Trinajstić information content (AvgIpc) is 3.62. The highest BCUT2D eigenvalue weighted by atomic mass is 19.1. The van der Waals surface area contributed by atoms with Crippen molar-refractivity contribution in [3.8, 4) is 0 Å². The molecule has 47 heavy (non-hydrogen) atoms. The third kappa shape index (κ3) is 7.29. The summed E-state index contributed by atoms with van der Waals surface area (Å²) in [6.45, 7) is 6.29. The Bertz CT molecular complexity index is 1590. The highest BCUT2D eigenvalue weighted by Gasteiger charge is 2.51. The lowest BCUT2D eigenvalue weighted by Gasteiger charge is -2.37. The van der Waals surface area contributed by atoms with Gasteiger partial charge in [0.15, 0.2) is 0 Å². The second-order valence-corrected chi connectivity index (χ2v) is 13.4. The van der Waals surface area contributed by atoms with Gasteiger partial charge in [-0.15, -0.1) is 0 Å². The summed E-state index contributed by atoms with van der Waals surface area (Å²) in [6.07, 6.45) is 1.49. The Morgan fingerprint density at radius 1 is 1.02 bits per heavy atom. The van der Waals surface area contributed by atoms with Gasteiger partial charge in [0.1, 0.15) is 23.9 Å². The molecule has 10 nitrogen and oxygen atoms in total. The lowest BCUT2D eigenvalue weighted by molar-refractivity contribution is -0.144. The quantitative estimate of drug-likeness (QED) is 0.263. The number of carbonyl (C=O) groups excluding carboxylic acids is 4. The van der Waals surface area contributed by atoms with E-state index in [0.717, 1.165) is 5.56 Å². The first-order chi connectivity index (χ1) is 22.4. The van der Waals surface area contributed by atoms with Crippen molar-refractivity contribution in [1.82, 2.24) is 10.2 Å². The second kappa shape index (κ2) is 14.1. The lowest BCUT2D eigenvalue weighted by atomic mass is 9.78. The number of nitrogens with two attached hydrogens (primary N) is 1. The van der Waals surface area contributed by atoms with Crippen molar-refractivity contribution in [2.75, 3.05) is 13.3 Å². The molecule has 2 aliphatic rings. The molecule has 1 saturated heterocycles. The minimum Gasteiger partial charge on any atom is -0.460 e. The molecule has 1 aliphatic carbocycles. The number of furan rings is 1. The molecule has 5 rings (SSSR count). The van der Waals surface area contributed by atoms with E-state index < -0.39 is 60.2 Å². The number of halogens is 1. The fourth-order valence-electron chi connectivity index (χ4n) is 7.24. The number of nitrogens with one attached hydrogen (secondary N) is 1. The molecule has 4 atom stereocenters. The standard InChI is InChI=1S/C36H44FN3O7/c1-5-45-34(43)31-29(24-13-9-10-14-28(24)46-31)27-19-25(21-11-7-6-8-12-21)30(32(38)41)40(27)33(42)23-17-15-22(16-18-23)26(20-37)39-35(44)47-36(2,3)4/h6-14,22-23,25-27,30H,5,15-20H2,1-4H3,(H2,38,41)(H,39,44)/t22-,23-,25-,26?,27?,30+/m1/s1. The maximum Gasteiger partial charge on any atom is 0.407 e. The van der Waals surface area contributed by atoms with Crippen LogP contribution in [0.15, 0.2) is 59.0 Å². The third-order valence-electron chi connectivity index (χ3n) is 9.25. The van der Waals surface area contributed by atoms with E-state index in [2.05, 4.69) is 5.32 Å². The van der Waals surface area contributed by atoms with Crippen LogP contribution < -0.4 is 11.1 Å². The minimum absolute atomic E-state index is 0.00417. The smallest absolute Gasteiger partial charge is 0.407 e. The van der Waals surface area contributed by atoms with Crippen LogP contribution in [0.25, 0.3) is 11.0 Å². The highest BCUT2D eigenvalue weighted by molar-refractivity contribution is 5.98. The Kier molecular flexibility index (Phi) is 10.2. The Morgan fingerprint density at radius 3 is 2.30 bits per heavy atom. The van der Waals surface area contributed by atoms with Gasteiger partial charge in [0, 0.05) is 22.8 Å². The van der Waals surface area contributed by atoms with E-state index in [9.17, 15) is 23.6 Å². The molecule has 11 heteroatoms. The SMILES string of the molecule is CCOC(=O)c1oc2ccccc2c1C1C[C@H](c2ccccc2)[C@@H](C(N)=O)N1C(=O)[C@H]1CC[C@H](C(CF)NC(=O)OC(C)(C)C)CC1. The van der Waals surface area contributed by atoms with Gasteiger partial charge in [0.2, 0.25) is 17.6 Å². The molecular weight excluding hydrogens is 605 g/mol. The van der Waals surface area contributed by atoms with Crippen LogP contribution in [0, 0.1) is 11.8 Å². The van der Waals surface area contributed by atoms with E-state index in [4.69, 9.17) is 19.6 Å². The summed E-state index contributed by atoms with van der Waals surface area (Å²) >= 11 is 0. The van der Waals surface area contributed by atoms with E-state index in [1.165, 1.54) is 0 Å². The molecule has 2 fully saturated rings. The second-order valence-electron chi connectivity index (χ2n) is 13.4. The van der Waals surface area contributed by atoms with Crippen molar-refractivity contribution in [2.45, 2.75) is 89.4 Å². The van der Waals surface area contributed by atoms with Crippen molar-refractivity contribution in [1.29, 1.82) is 0 Å². The normalized spacial score (nSPS) is 23.7. The van der Waals surface area contributed by atoms with Gasteiger partial charge < -0.3 is 29.8 Å². The predicted octanol–water partition coefficient (Wildman–Crippen LogP) is 6.19. The molecule has 1 saturated carbocycles. The largest absolute Gasteiger partial charge is 0.460 e. The van der Waals surface area contributed by atoms with Crippen LogP contribution in [0.5, 0.6) is 0 Å². The summed E-state index contributed by atoms with van der Waals surface area (Å²) in [6, 6.07) is 14.2. The van der Waals surface area contributed by atoms with Crippen LogP contribution in [0.2, 0.25) is 0 Å². The first kappa shape index (κ1) is 33.9. The van der Waals surface area contributed by atoms with Gasteiger partial charge in [-0.05, 0) is 77.3 Å². The van der Waals surface area contributed by atoms with Crippen LogP contribution in [0.1, 0.15) is 93.4 Å². The van der Waals surface area contributed by atoms with Crippen LogP contribution >= 0.6 is 0 Å². The zero-order chi connectivity index (χ0) is 33.9. The van der Waals surface area contributed by atoms with Gasteiger partial charge in [-0.25, -0.2) is 14.0 Å².